The average molecular weight is 345 g/mol. The van der Waals surface area contributed by atoms with Gasteiger partial charge in [0, 0.05) is 27.5 Å². The fraction of sp³-hybridized carbons (Fsp3) is 0.333. The van der Waals surface area contributed by atoms with Gasteiger partial charge < -0.3 is 15.0 Å². The van der Waals surface area contributed by atoms with Gasteiger partial charge in [0.15, 0.2) is 0 Å². The van der Waals surface area contributed by atoms with Crippen molar-refractivity contribution in [2.24, 2.45) is 0 Å². The van der Waals surface area contributed by atoms with Crippen LogP contribution in [0.25, 0.3) is 0 Å². The van der Waals surface area contributed by atoms with Crippen molar-refractivity contribution in [1.82, 2.24) is 10.2 Å². The molecule has 7 heteroatoms. The lowest BCUT2D eigenvalue weighted by Crippen LogP contribution is -2.45. The Morgan fingerprint density at radius 2 is 2.26 bits per heavy atom. The van der Waals surface area contributed by atoms with Crippen molar-refractivity contribution in [3.63, 3.8) is 0 Å². The molecule has 0 aromatic carbocycles. The summed E-state index contributed by atoms with van der Waals surface area (Å²) in [5.74, 6) is -0.432. The first-order valence-electron chi connectivity index (χ1n) is 5.53. The Hall–Kier alpha value is -1.34. The van der Waals surface area contributed by atoms with E-state index in [9.17, 15) is 9.59 Å². The van der Waals surface area contributed by atoms with Gasteiger partial charge in [0.2, 0.25) is 0 Å². The van der Waals surface area contributed by atoms with Crippen molar-refractivity contribution in [3.8, 4) is 0 Å². The van der Waals surface area contributed by atoms with Gasteiger partial charge in [-0.15, -0.1) is 11.3 Å². The Balaban J connectivity index is 2.51. The number of methoxy groups -OCH3 is 1. The number of urea groups is 1. The van der Waals surface area contributed by atoms with Gasteiger partial charge in [0.05, 0.1) is 18.7 Å². The number of hydrogen-bond donors (Lipinski definition) is 1. The largest absolute Gasteiger partial charge is 0.466 e. The summed E-state index contributed by atoms with van der Waals surface area (Å²) in [6, 6.07) is 1.18. The molecule has 2 amide bonds. The Morgan fingerprint density at radius 1 is 1.58 bits per heavy atom. The summed E-state index contributed by atoms with van der Waals surface area (Å²) >= 11 is 4.84. The summed E-state index contributed by atoms with van der Waals surface area (Å²) in [6.45, 7) is 1.74. The topological polar surface area (TPSA) is 58.6 Å². The highest BCUT2D eigenvalue weighted by molar-refractivity contribution is 9.10. The van der Waals surface area contributed by atoms with E-state index in [1.807, 2.05) is 11.4 Å². The van der Waals surface area contributed by atoms with Gasteiger partial charge >= 0.3 is 12.0 Å². The van der Waals surface area contributed by atoms with Crippen molar-refractivity contribution in [3.05, 3.63) is 32.1 Å². The minimum atomic E-state index is -0.465. The summed E-state index contributed by atoms with van der Waals surface area (Å²) in [7, 11) is 2.95. The molecular weight excluding hydrogens is 332 g/mol. The minimum Gasteiger partial charge on any atom is -0.466 e. The number of rotatable bonds is 2. The Morgan fingerprint density at radius 3 is 2.79 bits per heavy atom. The molecule has 5 nitrogen and oxygen atoms in total. The first-order chi connectivity index (χ1) is 8.95. The van der Waals surface area contributed by atoms with Gasteiger partial charge in [0.25, 0.3) is 0 Å². The maximum Gasteiger partial charge on any atom is 0.338 e. The first-order valence-corrected chi connectivity index (χ1v) is 7.20. The summed E-state index contributed by atoms with van der Waals surface area (Å²) in [5, 5.41) is 4.72. The third-order valence-corrected chi connectivity index (χ3v) is 4.79. The molecule has 1 N–H and O–H groups in total. The molecule has 2 rings (SSSR count). The van der Waals surface area contributed by atoms with E-state index in [1.165, 1.54) is 23.3 Å². The number of halogens is 1. The fourth-order valence-corrected chi connectivity index (χ4v) is 3.41. The van der Waals surface area contributed by atoms with Crippen LogP contribution >= 0.6 is 27.3 Å². The van der Waals surface area contributed by atoms with E-state index in [0.29, 0.717) is 11.3 Å². The third-order valence-electron chi connectivity index (χ3n) is 3.03. The smallest absolute Gasteiger partial charge is 0.338 e. The van der Waals surface area contributed by atoms with Crippen molar-refractivity contribution in [1.29, 1.82) is 0 Å². The van der Waals surface area contributed by atoms with E-state index in [-0.39, 0.29) is 6.03 Å². The summed E-state index contributed by atoms with van der Waals surface area (Å²) in [4.78, 5) is 26.1. The number of carbonyl (C=O) groups is 2. The number of nitrogens with one attached hydrogen (secondary N) is 1. The van der Waals surface area contributed by atoms with E-state index >= 15 is 0 Å². The molecule has 1 atom stereocenters. The maximum atomic E-state index is 12.0. The van der Waals surface area contributed by atoms with Gasteiger partial charge in [0.1, 0.15) is 0 Å². The normalized spacial score (nSPS) is 19.5. The van der Waals surface area contributed by atoms with Gasteiger partial charge in [-0.25, -0.2) is 9.59 Å². The number of amides is 2. The predicted molar refractivity (Wildman–Crippen MR) is 75.8 cm³/mol. The van der Waals surface area contributed by atoms with Crippen molar-refractivity contribution in [2.45, 2.75) is 13.0 Å². The number of ether oxygens (including phenoxy) is 1. The number of carbonyl (C=O) groups excluding carboxylic acids is 2. The molecule has 19 heavy (non-hydrogen) atoms. The van der Waals surface area contributed by atoms with Crippen LogP contribution in [0.1, 0.15) is 17.8 Å². The quantitative estimate of drug-likeness (QED) is 0.839. The zero-order chi connectivity index (χ0) is 14.2. The second kappa shape index (κ2) is 5.34. The van der Waals surface area contributed by atoms with Gasteiger partial charge in [-0.3, -0.25) is 0 Å². The molecule has 0 bridgehead atoms. The molecule has 0 spiro atoms. The molecule has 2 heterocycles. The van der Waals surface area contributed by atoms with Crippen LogP contribution in [-0.2, 0) is 9.53 Å². The molecular formula is C12H13BrN2O3S. The van der Waals surface area contributed by atoms with Gasteiger partial charge in [-0.2, -0.15) is 0 Å². The van der Waals surface area contributed by atoms with Gasteiger partial charge in [-0.05, 0) is 28.9 Å². The first kappa shape index (κ1) is 14.1. The monoisotopic (exact) mass is 344 g/mol. The van der Waals surface area contributed by atoms with Crippen LogP contribution in [0.5, 0.6) is 0 Å². The number of allylic oxidation sites excluding steroid dienone is 1. The number of nitrogens with zero attached hydrogens (tertiary/aromatic N) is 1. The predicted octanol–water partition coefficient (Wildman–Crippen LogP) is 2.65. The molecule has 1 aromatic heterocycles. The molecule has 0 saturated carbocycles. The van der Waals surface area contributed by atoms with Crippen LogP contribution in [0.4, 0.5) is 4.79 Å². The van der Waals surface area contributed by atoms with E-state index in [1.54, 1.807) is 14.0 Å². The average Bonchev–Trinajstić information content (AvgIpc) is 2.81. The summed E-state index contributed by atoms with van der Waals surface area (Å²) in [5.41, 5.74) is 1.06. The Labute approximate surface area is 123 Å². The van der Waals surface area contributed by atoms with E-state index < -0.39 is 12.0 Å². The molecule has 102 valence electrons. The fourth-order valence-electron chi connectivity index (χ4n) is 1.90. The molecule has 0 saturated heterocycles. The van der Waals surface area contributed by atoms with Crippen LogP contribution < -0.4 is 5.32 Å². The lowest BCUT2D eigenvalue weighted by Gasteiger charge is -2.32. The van der Waals surface area contributed by atoms with Crippen molar-refractivity contribution in [2.75, 3.05) is 14.2 Å². The highest BCUT2D eigenvalue weighted by Gasteiger charge is 2.35. The number of hydrogen-bond acceptors (Lipinski definition) is 4. The van der Waals surface area contributed by atoms with E-state index in [2.05, 4.69) is 21.2 Å². The second-order valence-electron chi connectivity index (χ2n) is 4.10. The van der Waals surface area contributed by atoms with E-state index in [0.717, 1.165) is 9.35 Å². The molecule has 0 unspecified atom stereocenters. The summed E-state index contributed by atoms with van der Waals surface area (Å²) in [6.07, 6.45) is 0. The minimum absolute atomic E-state index is 0.236. The zero-order valence-corrected chi connectivity index (χ0v) is 13.1. The van der Waals surface area contributed by atoms with Crippen LogP contribution in [-0.4, -0.2) is 31.1 Å². The summed E-state index contributed by atoms with van der Waals surface area (Å²) < 4.78 is 5.74. The molecule has 0 fully saturated rings. The van der Waals surface area contributed by atoms with Crippen LogP contribution in [0, 0.1) is 0 Å². The molecule has 1 aliphatic rings. The molecule has 0 aliphatic carbocycles. The van der Waals surface area contributed by atoms with E-state index in [4.69, 9.17) is 4.74 Å². The lowest BCUT2D eigenvalue weighted by atomic mass is 10.0. The standard InChI is InChI=1S/C12H13BrN2O3S/c1-6-9(11(16)18-3)10(14-12(17)15(6)2)8-4-7(13)5-19-8/h4-5,10H,1-3H3,(H,14,17)/t10-/m1/s1. The van der Waals surface area contributed by atoms with Crippen molar-refractivity contribution >= 4 is 39.3 Å². The molecule has 0 radical (unpaired) electrons. The zero-order valence-electron chi connectivity index (χ0n) is 10.7. The Kier molecular flexibility index (Phi) is 3.96. The third kappa shape index (κ3) is 2.52. The Bertz CT molecular complexity index is 567. The second-order valence-corrected chi connectivity index (χ2v) is 5.96. The SMILES string of the molecule is COC(=O)C1=C(C)N(C)C(=O)N[C@@H]1c1cc(Br)cs1. The number of esters is 1. The highest BCUT2D eigenvalue weighted by Crippen LogP contribution is 2.34. The number of thiophene rings is 1. The van der Waals surface area contributed by atoms with Crippen LogP contribution in [0.15, 0.2) is 27.2 Å². The molecule has 1 aromatic rings. The van der Waals surface area contributed by atoms with Gasteiger partial charge in [-0.1, -0.05) is 0 Å². The van der Waals surface area contributed by atoms with Crippen molar-refractivity contribution < 1.29 is 14.3 Å². The lowest BCUT2D eigenvalue weighted by molar-refractivity contribution is -0.136. The highest BCUT2D eigenvalue weighted by atomic mass is 79.9. The molecule has 1 aliphatic heterocycles. The van der Waals surface area contributed by atoms with Crippen LogP contribution in [0.3, 0.4) is 0 Å². The van der Waals surface area contributed by atoms with Crippen LogP contribution in [0.2, 0.25) is 0 Å². The maximum absolute atomic E-state index is 12.0.